The first-order valence-electron chi connectivity index (χ1n) is 9.68. The second-order valence-electron chi connectivity index (χ2n) is 7.41. The fourth-order valence-corrected chi connectivity index (χ4v) is 3.94. The molecule has 2 aliphatic heterocycles. The van der Waals surface area contributed by atoms with Gasteiger partial charge in [0.25, 0.3) is 0 Å². The molecule has 2 aliphatic rings. The number of aryl methyl sites for hydroxylation is 1. The largest absolute Gasteiger partial charge is 0.366 e. The maximum atomic E-state index is 14.7. The van der Waals surface area contributed by atoms with Crippen LogP contribution in [-0.2, 0) is 9.59 Å². The standard InChI is InChI=1S/C22H23FN4O2/c1-14-4-3-5-19-21(14)17(22(29)25-19)13-24-16-6-7-20(18(23)12-16)27-10-8-26(9-11-27)15(2)28/h3-7,12-13,17H,8-11H2,1-2H3,(H,25,29). The van der Waals surface area contributed by atoms with E-state index >= 15 is 0 Å². The summed E-state index contributed by atoms with van der Waals surface area (Å²) in [4.78, 5) is 31.8. The fraction of sp³-hybridized carbons (Fsp3) is 0.318. The molecule has 1 atom stereocenters. The van der Waals surface area contributed by atoms with Crippen LogP contribution in [0, 0.1) is 12.7 Å². The Morgan fingerprint density at radius 3 is 2.66 bits per heavy atom. The summed E-state index contributed by atoms with van der Waals surface area (Å²) < 4.78 is 14.7. The lowest BCUT2D eigenvalue weighted by Crippen LogP contribution is -2.48. The van der Waals surface area contributed by atoms with Crippen molar-refractivity contribution in [3.05, 3.63) is 53.3 Å². The highest BCUT2D eigenvalue weighted by Gasteiger charge is 2.30. The summed E-state index contributed by atoms with van der Waals surface area (Å²) in [5.74, 6) is -0.918. The molecule has 4 rings (SSSR count). The number of anilines is 2. The molecule has 2 aromatic rings. The van der Waals surface area contributed by atoms with Gasteiger partial charge >= 0.3 is 0 Å². The molecule has 0 saturated carbocycles. The molecule has 2 amide bonds. The van der Waals surface area contributed by atoms with Gasteiger partial charge in [-0.25, -0.2) is 4.39 Å². The van der Waals surface area contributed by atoms with Gasteiger partial charge in [-0.05, 0) is 36.2 Å². The third-order valence-corrected chi connectivity index (χ3v) is 5.55. The third kappa shape index (κ3) is 3.72. The normalized spacial score (nSPS) is 18.9. The predicted octanol–water partition coefficient (Wildman–Crippen LogP) is 3.24. The molecule has 2 heterocycles. The molecule has 0 aromatic heterocycles. The van der Waals surface area contributed by atoms with Crippen LogP contribution in [0.25, 0.3) is 0 Å². The number of aliphatic imine (C=N–C) groups is 1. The van der Waals surface area contributed by atoms with E-state index in [1.165, 1.54) is 6.07 Å². The van der Waals surface area contributed by atoms with Crippen LogP contribution in [0.4, 0.5) is 21.5 Å². The van der Waals surface area contributed by atoms with Crippen molar-refractivity contribution in [2.75, 3.05) is 36.4 Å². The maximum Gasteiger partial charge on any atom is 0.237 e. The molecule has 7 heteroatoms. The van der Waals surface area contributed by atoms with Gasteiger partial charge in [0.05, 0.1) is 11.4 Å². The summed E-state index contributed by atoms with van der Waals surface area (Å²) in [6.07, 6.45) is 1.58. The Kier molecular flexibility index (Phi) is 5.05. The minimum Gasteiger partial charge on any atom is -0.366 e. The van der Waals surface area contributed by atoms with Crippen LogP contribution in [0.15, 0.2) is 41.4 Å². The Labute approximate surface area is 169 Å². The molecule has 29 heavy (non-hydrogen) atoms. The quantitative estimate of drug-likeness (QED) is 0.813. The Hall–Kier alpha value is -3.22. The van der Waals surface area contributed by atoms with E-state index in [-0.39, 0.29) is 17.6 Å². The second-order valence-corrected chi connectivity index (χ2v) is 7.41. The van der Waals surface area contributed by atoms with Gasteiger partial charge in [0.1, 0.15) is 11.7 Å². The Morgan fingerprint density at radius 1 is 1.21 bits per heavy atom. The van der Waals surface area contributed by atoms with Crippen molar-refractivity contribution in [3.63, 3.8) is 0 Å². The van der Waals surface area contributed by atoms with E-state index in [1.54, 1.807) is 30.2 Å². The van der Waals surface area contributed by atoms with Gasteiger partial charge in [0.15, 0.2) is 0 Å². The smallest absolute Gasteiger partial charge is 0.237 e. The summed E-state index contributed by atoms with van der Waals surface area (Å²) in [7, 11) is 0. The molecule has 150 valence electrons. The van der Waals surface area contributed by atoms with E-state index in [0.717, 1.165) is 16.8 Å². The molecular formula is C22H23FN4O2. The minimum absolute atomic E-state index is 0.0440. The monoisotopic (exact) mass is 394 g/mol. The molecule has 0 radical (unpaired) electrons. The van der Waals surface area contributed by atoms with Crippen molar-refractivity contribution in [2.24, 2.45) is 4.99 Å². The summed E-state index contributed by atoms with van der Waals surface area (Å²) in [6.45, 7) is 5.87. The number of carbonyl (C=O) groups excluding carboxylic acids is 2. The Balaban J connectivity index is 1.50. The topological polar surface area (TPSA) is 65.0 Å². The van der Waals surface area contributed by atoms with Crippen LogP contribution in [-0.4, -0.2) is 49.1 Å². The molecule has 1 unspecified atom stereocenters. The minimum atomic E-state index is -0.478. The van der Waals surface area contributed by atoms with Gasteiger partial charge in [-0.1, -0.05) is 12.1 Å². The van der Waals surface area contributed by atoms with Crippen molar-refractivity contribution in [1.82, 2.24) is 4.90 Å². The highest BCUT2D eigenvalue weighted by atomic mass is 19.1. The van der Waals surface area contributed by atoms with Gasteiger partial charge in [-0.15, -0.1) is 0 Å². The molecule has 6 nitrogen and oxygen atoms in total. The van der Waals surface area contributed by atoms with Crippen molar-refractivity contribution in [1.29, 1.82) is 0 Å². The van der Waals surface area contributed by atoms with E-state index in [4.69, 9.17) is 0 Å². The number of nitrogens with zero attached hydrogens (tertiary/aromatic N) is 3. The molecule has 0 aliphatic carbocycles. The van der Waals surface area contributed by atoms with Crippen LogP contribution in [0.5, 0.6) is 0 Å². The lowest BCUT2D eigenvalue weighted by Gasteiger charge is -2.35. The lowest BCUT2D eigenvalue weighted by atomic mass is 9.97. The number of hydrogen-bond acceptors (Lipinski definition) is 4. The van der Waals surface area contributed by atoms with E-state index < -0.39 is 5.92 Å². The van der Waals surface area contributed by atoms with Crippen LogP contribution < -0.4 is 10.2 Å². The lowest BCUT2D eigenvalue weighted by molar-refractivity contribution is -0.129. The summed E-state index contributed by atoms with van der Waals surface area (Å²) in [6, 6.07) is 10.6. The number of rotatable bonds is 3. The number of fused-ring (bicyclic) bond motifs is 1. The van der Waals surface area contributed by atoms with Gasteiger partial charge < -0.3 is 15.1 Å². The van der Waals surface area contributed by atoms with Gasteiger partial charge in [0.2, 0.25) is 11.8 Å². The van der Waals surface area contributed by atoms with Crippen molar-refractivity contribution in [2.45, 2.75) is 19.8 Å². The zero-order chi connectivity index (χ0) is 20.5. The van der Waals surface area contributed by atoms with Crippen LogP contribution in [0.2, 0.25) is 0 Å². The maximum absolute atomic E-state index is 14.7. The molecule has 2 aromatic carbocycles. The summed E-state index contributed by atoms with van der Waals surface area (Å²) in [5.41, 5.74) is 3.71. The first-order chi connectivity index (χ1) is 13.9. The number of nitrogens with one attached hydrogen (secondary N) is 1. The third-order valence-electron chi connectivity index (χ3n) is 5.55. The number of amides is 2. The number of piperazine rings is 1. The first kappa shape index (κ1) is 19.1. The average molecular weight is 394 g/mol. The van der Waals surface area contributed by atoms with E-state index in [1.807, 2.05) is 30.0 Å². The van der Waals surface area contributed by atoms with Crippen molar-refractivity contribution in [3.8, 4) is 0 Å². The molecule has 0 bridgehead atoms. The van der Waals surface area contributed by atoms with Crippen molar-refractivity contribution < 1.29 is 14.0 Å². The van der Waals surface area contributed by atoms with Gasteiger partial charge in [-0.2, -0.15) is 0 Å². The first-order valence-corrected chi connectivity index (χ1v) is 9.68. The molecule has 1 N–H and O–H groups in total. The molecule has 1 fully saturated rings. The van der Waals surface area contributed by atoms with Gasteiger partial charge in [-0.3, -0.25) is 14.6 Å². The average Bonchev–Trinajstić information content (AvgIpc) is 3.03. The number of hydrogen-bond donors (Lipinski definition) is 1. The highest BCUT2D eigenvalue weighted by molar-refractivity contribution is 6.13. The molecule has 1 saturated heterocycles. The number of carbonyl (C=O) groups is 2. The van der Waals surface area contributed by atoms with E-state index in [0.29, 0.717) is 37.6 Å². The van der Waals surface area contributed by atoms with Crippen LogP contribution >= 0.6 is 0 Å². The van der Waals surface area contributed by atoms with E-state index in [2.05, 4.69) is 10.3 Å². The summed E-state index contributed by atoms with van der Waals surface area (Å²) >= 11 is 0. The fourth-order valence-electron chi connectivity index (χ4n) is 3.94. The molecule has 0 spiro atoms. The molecular weight excluding hydrogens is 371 g/mol. The van der Waals surface area contributed by atoms with Crippen LogP contribution in [0.3, 0.4) is 0 Å². The zero-order valence-corrected chi connectivity index (χ0v) is 16.5. The SMILES string of the molecule is CC(=O)N1CCN(c2ccc(N=CC3C(=O)Nc4cccc(C)c43)cc2F)CC1. The highest BCUT2D eigenvalue weighted by Crippen LogP contribution is 2.34. The van der Waals surface area contributed by atoms with Crippen molar-refractivity contribution >= 4 is 35.1 Å². The second kappa shape index (κ2) is 7.66. The van der Waals surface area contributed by atoms with E-state index in [9.17, 15) is 14.0 Å². The number of benzene rings is 2. The number of halogens is 1. The summed E-state index contributed by atoms with van der Waals surface area (Å²) in [5, 5.41) is 2.86. The zero-order valence-electron chi connectivity index (χ0n) is 16.5. The van der Waals surface area contributed by atoms with Crippen LogP contribution in [0.1, 0.15) is 24.0 Å². The predicted molar refractivity (Wildman–Crippen MR) is 112 cm³/mol. The Morgan fingerprint density at radius 2 is 1.97 bits per heavy atom. The Bertz CT molecular complexity index is 996. The van der Waals surface area contributed by atoms with Gasteiger partial charge in [0, 0.05) is 51.1 Å².